The van der Waals surface area contributed by atoms with Crippen molar-refractivity contribution in [3.05, 3.63) is 47.5 Å². The fourth-order valence-corrected chi connectivity index (χ4v) is 3.25. The Labute approximate surface area is 181 Å². The van der Waals surface area contributed by atoms with Gasteiger partial charge in [-0.1, -0.05) is 12.1 Å². The maximum atomic E-state index is 14.0. The van der Waals surface area contributed by atoms with Gasteiger partial charge in [0, 0.05) is 31.2 Å². The molecule has 1 N–H and O–H groups in total. The van der Waals surface area contributed by atoms with Crippen LogP contribution in [0.25, 0.3) is 0 Å². The third kappa shape index (κ3) is 6.04. The summed E-state index contributed by atoms with van der Waals surface area (Å²) >= 11 is 0. The molecule has 1 unspecified atom stereocenters. The van der Waals surface area contributed by atoms with Crippen molar-refractivity contribution in [2.75, 3.05) is 24.5 Å². The molecule has 0 aliphatic carbocycles. The third-order valence-corrected chi connectivity index (χ3v) is 4.84. The standard InChI is InChI=1S/C22H29FN4O4/c1-15-12-26(21(29)31-22(2,3)4)7-8-27(15)20-24-10-18(11-25-20)30-14-17-6-5-16(13-28)9-19(17)23/h5-6,9-11,15,28H,7-8,12-14H2,1-4H3. The van der Waals surface area contributed by atoms with Gasteiger partial charge in [-0.05, 0) is 39.3 Å². The van der Waals surface area contributed by atoms with Crippen LogP contribution >= 0.6 is 0 Å². The van der Waals surface area contributed by atoms with E-state index in [0.29, 0.717) is 42.5 Å². The molecule has 9 heteroatoms. The molecule has 1 aliphatic rings. The number of carbonyl (C=O) groups excluding carboxylic acids is 1. The van der Waals surface area contributed by atoms with Crippen LogP contribution in [0.2, 0.25) is 0 Å². The molecular formula is C22H29FN4O4. The first-order valence-corrected chi connectivity index (χ1v) is 10.2. The number of nitrogens with zero attached hydrogens (tertiary/aromatic N) is 4. The number of aliphatic hydroxyl groups excluding tert-OH is 1. The first-order chi connectivity index (χ1) is 14.7. The highest BCUT2D eigenvalue weighted by Gasteiger charge is 2.30. The van der Waals surface area contributed by atoms with Crippen molar-refractivity contribution in [1.82, 2.24) is 14.9 Å². The van der Waals surface area contributed by atoms with Gasteiger partial charge < -0.3 is 24.4 Å². The van der Waals surface area contributed by atoms with Crippen molar-refractivity contribution in [2.24, 2.45) is 0 Å². The Hall–Kier alpha value is -2.94. The van der Waals surface area contributed by atoms with Gasteiger partial charge in [-0.15, -0.1) is 0 Å². The number of ether oxygens (including phenoxy) is 2. The minimum atomic E-state index is -0.528. The Morgan fingerprint density at radius 3 is 2.55 bits per heavy atom. The van der Waals surface area contributed by atoms with Crippen molar-refractivity contribution < 1.29 is 23.8 Å². The van der Waals surface area contributed by atoms with E-state index in [4.69, 9.17) is 14.6 Å². The molecule has 0 radical (unpaired) electrons. The fraction of sp³-hybridized carbons (Fsp3) is 0.500. The largest absolute Gasteiger partial charge is 0.486 e. The molecule has 8 nitrogen and oxygen atoms in total. The smallest absolute Gasteiger partial charge is 0.410 e. The van der Waals surface area contributed by atoms with Crippen molar-refractivity contribution in [2.45, 2.75) is 52.6 Å². The minimum absolute atomic E-state index is 0.0205. The summed E-state index contributed by atoms with van der Waals surface area (Å²) < 4.78 is 25.0. The van der Waals surface area contributed by atoms with Gasteiger partial charge in [-0.2, -0.15) is 0 Å². The van der Waals surface area contributed by atoms with Gasteiger partial charge in [0.05, 0.1) is 19.0 Å². The molecule has 3 rings (SSSR count). The van der Waals surface area contributed by atoms with E-state index < -0.39 is 11.4 Å². The molecule has 1 saturated heterocycles. The normalized spacial score (nSPS) is 16.9. The number of amides is 1. The summed E-state index contributed by atoms with van der Waals surface area (Å²) in [4.78, 5) is 24.8. The summed E-state index contributed by atoms with van der Waals surface area (Å²) in [5.74, 6) is 0.539. The number of anilines is 1. The number of rotatable bonds is 5. The number of halogens is 1. The van der Waals surface area contributed by atoms with Crippen LogP contribution in [0.5, 0.6) is 5.75 Å². The summed E-state index contributed by atoms with van der Waals surface area (Å²) in [7, 11) is 0. The number of carbonyl (C=O) groups is 1. The Balaban J connectivity index is 1.56. The van der Waals surface area contributed by atoms with E-state index in [1.165, 1.54) is 6.07 Å². The van der Waals surface area contributed by atoms with E-state index in [0.717, 1.165) is 0 Å². The average Bonchev–Trinajstić information content (AvgIpc) is 2.72. The second-order valence-electron chi connectivity index (χ2n) is 8.56. The lowest BCUT2D eigenvalue weighted by Gasteiger charge is -2.40. The lowest BCUT2D eigenvalue weighted by atomic mass is 10.1. The van der Waals surface area contributed by atoms with Crippen LogP contribution in [0.3, 0.4) is 0 Å². The molecule has 1 aliphatic heterocycles. The average molecular weight is 432 g/mol. The molecule has 1 amide bonds. The van der Waals surface area contributed by atoms with Crippen LogP contribution < -0.4 is 9.64 Å². The SMILES string of the molecule is CC1CN(C(=O)OC(C)(C)C)CCN1c1ncc(OCc2ccc(CO)cc2F)cn1. The monoisotopic (exact) mass is 432 g/mol. The number of aliphatic hydroxyl groups is 1. The van der Waals surface area contributed by atoms with Crippen LogP contribution in [0.15, 0.2) is 30.6 Å². The topological polar surface area (TPSA) is 88.0 Å². The number of aromatic nitrogens is 2. The highest BCUT2D eigenvalue weighted by atomic mass is 19.1. The quantitative estimate of drug-likeness (QED) is 0.777. The van der Waals surface area contributed by atoms with Crippen LogP contribution in [0.4, 0.5) is 15.1 Å². The second kappa shape index (κ2) is 9.47. The fourth-order valence-electron chi connectivity index (χ4n) is 3.25. The van der Waals surface area contributed by atoms with E-state index >= 15 is 0 Å². The van der Waals surface area contributed by atoms with Gasteiger partial charge in [0.2, 0.25) is 5.95 Å². The first-order valence-electron chi connectivity index (χ1n) is 10.2. The van der Waals surface area contributed by atoms with Gasteiger partial charge in [0.1, 0.15) is 18.0 Å². The van der Waals surface area contributed by atoms with Crippen LogP contribution in [0, 0.1) is 5.82 Å². The first kappa shape index (κ1) is 22.7. The summed E-state index contributed by atoms with van der Waals surface area (Å²) in [6, 6.07) is 4.55. The molecule has 168 valence electrons. The Morgan fingerprint density at radius 2 is 1.97 bits per heavy atom. The molecule has 2 heterocycles. The molecule has 0 saturated carbocycles. The maximum absolute atomic E-state index is 14.0. The zero-order chi connectivity index (χ0) is 22.6. The van der Waals surface area contributed by atoms with Gasteiger partial charge in [-0.3, -0.25) is 0 Å². The molecule has 1 atom stereocenters. The maximum Gasteiger partial charge on any atom is 0.410 e. The van der Waals surface area contributed by atoms with Gasteiger partial charge >= 0.3 is 6.09 Å². The van der Waals surface area contributed by atoms with Crippen LogP contribution in [-0.4, -0.2) is 57.3 Å². The summed E-state index contributed by atoms with van der Waals surface area (Å²) in [6.07, 6.45) is 2.79. The van der Waals surface area contributed by atoms with Crippen molar-refractivity contribution in [3.63, 3.8) is 0 Å². The van der Waals surface area contributed by atoms with Crippen molar-refractivity contribution in [1.29, 1.82) is 0 Å². The Kier molecular flexibility index (Phi) is 6.94. The molecule has 1 aromatic carbocycles. The van der Waals surface area contributed by atoms with Gasteiger partial charge in [-0.25, -0.2) is 19.2 Å². The zero-order valence-corrected chi connectivity index (χ0v) is 18.3. The second-order valence-corrected chi connectivity index (χ2v) is 8.56. The number of benzene rings is 1. The molecule has 0 bridgehead atoms. The molecule has 1 aromatic heterocycles. The van der Waals surface area contributed by atoms with Crippen LogP contribution in [0.1, 0.15) is 38.8 Å². The van der Waals surface area contributed by atoms with E-state index in [1.54, 1.807) is 29.4 Å². The lowest BCUT2D eigenvalue weighted by Crippen LogP contribution is -2.55. The Morgan fingerprint density at radius 1 is 1.26 bits per heavy atom. The molecular weight excluding hydrogens is 403 g/mol. The van der Waals surface area contributed by atoms with Gasteiger partial charge in [0.15, 0.2) is 5.75 Å². The number of piperazine rings is 1. The summed E-state index contributed by atoms with van der Waals surface area (Å²) in [5, 5.41) is 9.06. The molecule has 2 aromatic rings. The third-order valence-electron chi connectivity index (χ3n) is 4.84. The van der Waals surface area contributed by atoms with Crippen molar-refractivity contribution >= 4 is 12.0 Å². The highest BCUT2D eigenvalue weighted by Crippen LogP contribution is 2.21. The predicted octanol–water partition coefficient (Wildman–Crippen LogP) is 3.13. The minimum Gasteiger partial charge on any atom is -0.486 e. The summed E-state index contributed by atoms with van der Waals surface area (Å²) in [6.45, 7) is 8.99. The van der Waals surface area contributed by atoms with E-state index in [-0.39, 0.29) is 25.3 Å². The molecule has 1 fully saturated rings. The lowest BCUT2D eigenvalue weighted by molar-refractivity contribution is 0.0218. The van der Waals surface area contributed by atoms with E-state index in [1.807, 2.05) is 32.6 Å². The number of hydrogen-bond donors (Lipinski definition) is 1. The highest BCUT2D eigenvalue weighted by molar-refractivity contribution is 5.68. The Bertz CT molecular complexity index is 901. The van der Waals surface area contributed by atoms with E-state index in [9.17, 15) is 9.18 Å². The predicted molar refractivity (Wildman–Crippen MR) is 113 cm³/mol. The van der Waals surface area contributed by atoms with Gasteiger partial charge in [0.25, 0.3) is 0 Å². The molecule has 31 heavy (non-hydrogen) atoms. The zero-order valence-electron chi connectivity index (χ0n) is 18.3. The molecule has 0 spiro atoms. The van der Waals surface area contributed by atoms with E-state index in [2.05, 4.69) is 9.97 Å². The summed E-state index contributed by atoms with van der Waals surface area (Å²) in [5.41, 5.74) is 0.364. The van der Waals surface area contributed by atoms with Crippen LogP contribution in [-0.2, 0) is 18.0 Å². The van der Waals surface area contributed by atoms with Crippen molar-refractivity contribution in [3.8, 4) is 5.75 Å². The number of hydrogen-bond acceptors (Lipinski definition) is 7.